The van der Waals surface area contributed by atoms with E-state index in [0.29, 0.717) is 0 Å². The van der Waals surface area contributed by atoms with Crippen molar-refractivity contribution in [3.63, 3.8) is 0 Å². The van der Waals surface area contributed by atoms with E-state index < -0.39 is 13.2 Å². The minimum Gasteiger partial charge on any atom is -0.309 e. The van der Waals surface area contributed by atoms with Gasteiger partial charge in [-0.1, -0.05) is 465 Å². The highest BCUT2D eigenvalue weighted by molar-refractivity contribution is 6.12. The van der Waals surface area contributed by atoms with Crippen molar-refractivity contribution in [3.8, 4) is 95.7 Å². The maximum atomic E-state index is 7.70. The van der Waals surface area contributed by atoms with Gasteiger partial charge >= 0.3 is 0 Å². The van der Waals surface area contributed by atoms with Crippen LogP contribution in [0, 0.1) is 6.85 Å². The number of aryl methyl sites for hydroxylation is 2. The summed E-state index contributed by atoms with van der Waals surface area (Å²) < 4.78 is 44.7. The summed E-state index contributed by atoms with van der Waals surface area (Å²) in [6.45, 7) is 38.6. The maximum Gasteiger partial charge on any atom is 0.140 e. The lowest BCUT2D eigenvalue weighted by Crippen LogP contribution is -2.16. The lowest BCUT2D eigenvalue weighted by atomic mass is 9.78. The first-order valence-electron chi connectivity index (χ1n) is 52.5. The number of pyridine rings is 4. The van der Waals surface area contributed by atoms with E-state index in [1.807, 2.05) is 81.7 Å². The molecular formula is C135H133N9. The van der Waals surface area contributed by atoms with E-state index >= 15 is 0 Å². The number of benzene rings is 14. The number of nitrogens with zero attached hydrogens (tertiary/aromatic N) is 9. The lowest BCUT2D eigenvalue weighted by Gasteiger charge is -2.26. The molecule has 144 heavy (non-hydrogen) atoms. The van der Waals surface area contributed by atoms with Gasteiger partial charge in [0.2, 0.25) is 0 Å². The minimum absolute atomic E-state index is 0.0377. The van der Waals surface area contributed by atoms with E-state index in [0.717, 1.165) is 68.1 Å². The molecule has 0 fully saturated rings. The topological polar surface area (TPSA) is 92.1 Å². The molecule has 22 rings (SSSR count). The average molecular weight is 1890 g/mol. The molecule has 0 bridgehead atoms. The van der Waals surface area contributed by atoms with Crippen LogP contribution < -0.4 is 0 Å². The monoisotopic (exact) mass is 1890 g/mol. The zero-order valence-corrected chi connectivity index (χ0v) is 86.5. The van der Waals surface area contributed by atoms with E-state index in [9.17, 15) is 0 Å². The molecule has 0 amide bonds. The number of aromatic nitrogens is 9. The molecular weight excluding hydrogens is 1750 g/mol. The standard InChI is InChI=1S/C33H27N3.C28H25N.2C21H21N.C20H20N2.C12H19N/c1-33(2,3)22-20-31(35-27-16-8-4-12-23(27)24-13-5-9-17-28(24)35)34-32(21-22)36-29-18-10-6-14-25(29)26-15-7-11-19-30(26)36;1-28(2,3)24-16-8-4-12-20(24)21-13-5-9-17-25(21)29-26-18-10-6-14-22(26)23-15-7-11-19-27(23)29;1-21(2,3)20-18(16-10-6-4-7-11-16)14-22-15-19(20)17-12-8-5-9-13-17;1-21(2,3)18-14-19(16-10-6-4-7-11-16)22-20(15-18)17-12-8-5-9-13-17;1-20(2,3)19-21-17(15-10-6-4-7-11-15)14-18(22-19)16-12-8-5-9-13-16;1-6-11-8-10(12(3,4)5)7-9(2)13-11/h4-21H,1-3H3;4-19H,1-3H3;2*4-15H,1-3H3;4-14H,1-3H3;7-8H,6H2,1-5H3/i;;;;;2D3,6D2. The molecule has 0 aliphatic carbocycles. The molecule has 0 aliphatic rings. The van der Waals surface area contributed by atoms with Crippen molar-refractivity contribution in [1.29, 1.82) is 0 Å². The lowest BCUT2D eigenvalue weighted by molar-refractivity contribution is 0.547. The summed E-state index contributed by atoms with van der Waals surface area (Å²) in [5.74, 6) is 2.75. The third-order valence-corrected chi connectivity index (χ3v) is 26.2. The van der Waals surface area contributed by atoms with Crippen molar-refractivity contribution >= 4 is 65.4 Å². The van der Waals surface area contributed by atoms with Crippen molar-refractivity contribution < 1.29 is 6.85 Å². The second kappa shape index (κ2) is 42.5. The van der Waals surface area contributed by atoms with Crippen LogP contribution in [0.5, 0.6) is 0 Å². The van der Waals surface area contributed by atoms with Gasteiger partial charge < -0.3 is 4.57 Å². The number of fused-ring (bicyclic) bond motifs is 9. The van der Waals surface area contributed by atoms with Crippen molar-refractivity contribution in [3.05, 3.63) is 476 Å². The SMILES string of the molecule is CC(C)(C)c1c(-c2ccccc2)cncc1-c1ccccc1.CC(C)(C)c1cc(-c2ccccc2)nc(-c2ccccc2)c1.CC(C)(C)c1cc(-n2c3ccccc3c3ccccc32)nc(-n2c3ccccc3c3ccccc32)c1.CC(C)(C)c1ccccc1-c1ccccc1-n1c2ccccc2c2ccccc21.CC(C)(C)c1nc(-c2ccccc2)cc(-c2ccccc2)n1.[2H]C([2H])([2H])c1cc(C(C)(C)C)cc(C([2H])([2H])C)n1. The molecule has 0 aliphatic heterocycles. The summed E-state index contributed by atoms with van der Waals surface area (Å²) in [4.78, 5) is 28.3. The molecule has 0 spiro atoms. The smallest absolute Gasteiger partial charge is 0.140 e. The molecule has 8 aromatic heterocycles. The molecule has 8 heterocycles. The molecule has 9 nitrogen and oxygen atoms in total. The number of rotatable bonds is 11. The molecule has 718 valence electrons. The quantitative estimate of drug-likeness (QED) is 0.128. The van der Waals surface area contributed by atoms with Gasteiger partial charge in [-0.2, -0.15) is 0 Å². The average Bonchev–Trinajstić information content (AvgIpc) is 1.58. The van der Waals surface area contributed by atoms with Crippen molar-refractivity contribution in [2.24, 2.45) is 0 Å². The molecule has 0 saturated heterocycles. The van der Waals surface area contributed by atoms with Gasteiger partial charge in [-0.3, -0.25) is 19.1 Å². The largest absolute Gasteiger partial charge is 0.309 e. The Labute approximate surface area is 859 Å². The third-order valence-electron chi connectivity index (χ3n) is 26.2. The molecule has 0 saturated carbocycles. The molecule has 0 unspecified atom stereocenters. The highest BCUT2D eigenvalue weighted by Crippen LogP contribution is 2.45. The van der Waals surface area contributed by atoms with Gasteiger partial charge in [-0.15, -0.1) is 0 Å². The fourth-order valence-electron chi connectivity index (χ4n) is 18.8. The van der Waals surface area contributed by atoms with Crippen LogP contribution in [0.1, 0.15) is 183 Å². The van der Waals surface area contributed by atoms with E-state index in [1.54, 1.807) is 12.1 Å². The number of hydrogen-bond acceptors (Lipinski definition) is 6. The molecule has 0 radical (unpaired) electrons. The van der Waals surface area contributed by atoms with E-state index in [1.165, 1.54) is 134 Å². The van der Waals surface area contributed by atoms with Crippen LogP contribution >= 0.6 is 0 Å². The Balaban J connectivity index is 0.000000124. The van der Waals surface area contributed by atoms with Crippen LogP contribution in [0.15, 0.2) is 431 Å². The Kier molecular flexibility index (Phi) is 27.5. The first-order valence-corrected chi connectivity index (χ1v) is 50.0. The van der Waals surface area contributed by atoms with Gasteiger partial charge in [-0.25, -0.2) is 19.9 Å². The summed E-state index contributed by atoms with van der Waals surface area (Å²) in [6, 6.07) is 146. The maximum absolute atomic E-state index is 7.70. The predicted molar refractivity (Wildman–Crippen MR) is 613 cm³/mol. The summed E-state index contributed by atoms with van der Waals surface area (Å²) in [5, 5.41) is 7.57. The Bertz CT molecular complexity index is 7750. The Morgan fingerprint density at radius 3 is 0.875 bits per heavy atom. The first kappa shape index (κ1) is 93.1. The third kappa shape index (κ3) is 22.5. The predicted octanol–water partition coefficient (Wildman–Crippen LogP) is 36.1. The number of hydrogen-bond donors (Lipinski definition) is 0. The van der Waals surface area contributed by atoms with Crippen molar-refractivity contribution in [2.75, 3.05) is 0 Å². The van der Waals surface area contributed by atoms with Gasteiger partial charge in [0.1, 0.15) is 17.5 Å². The van der Waals surface area contributed by atoms with Gasteiger partial charge in [0.15, 0.2) is 0 Å². The molecule has 0 N–H and O–H groups in total. The summed E-state index contributed by atoms with van der Waals surface area (Å²) in [5.41, 5.74) is 30.4. The molecule has 22 aromatic rings. The fourth-order valence-corrected chi connectivity index (χ4v) is 18.8. The van der Waals surface area contributed by atoms with Crippen LogP contribution in [0.2, 0.25) is 0 Å². The minimum atomic E-state index is -2.32. The highest BCUT2D eigenvalue weighted by Gasteiger charge is 2.29. The summed E-state index contributed by atoms with van der Waals surface area (Å²) in [7, 11) is 0. The first-order chi connectivity index (χ1) is 71.0. The van der Waals surface area contributed by atoms with Crippen LogP contribution in [0.25, 0.3) is 161 Å². The molecule has 14 aromatic carbocycles. The van der Waals surface area contributed by atoms with Crippen LogP contribution in [0.3, 0.4) is 0 Å². The Morgan fingerprint density at radius 2 is 0.542 bits per heavy atom. The Hall–Kier alpha value is -15.8. The van der Waals surface area contributed by atoms with Gasteiger partial charge in [-0.05, 0) is 170 Å². The summed E-state index contributed by atoms with van der Waals surface area (Å²) in [6.07, 6.45) is 2.33. The Morgan fingerprint density at radius 1 is 0.243 bits per heavy atom. The van der Waals surface area contributed by atoms with E-state index in [-0.39, 0.29) is 43.9 Å². The van der Waals surface area contributed by atoms with E-state index in [2.05, 4.69) is 485 Å². The zero-order valence-electron chi connectivity index (χ0n) is 91.5. The molecule has 0 atom stereocenters. The van der Waals surface area contributed by atoms with Crippen LogP contribution in [-0.4, -0.2) is 43.6 Å². The second-order valence-electron chi connectivity index (χ2n) is 43.0. The number of para-hydroxylation sites is 7. The van der Waals surface area contributed by atoms with Gasteiger partial charge in [0.05, 0.1) is 61.6 Å². The van der Waals surface area contributed by atoms with Crippen LogP contribution in [-0.2, 0) is 38.9 Å². The summed E-state index contributed by atoms with van der Waals surface area (Å²) >= 11 is 0. The normalized spacial score (nSPS) is 12.5. The second-order valence-corrected chi connectivity index (χ2v) is 43.0. The molecule has 9 heteroatoms. The highest BCUT2D eigenvalue weighted by atomic mass is 15.1. The van der Waals surface area contributed by atoms with Crippen molar-refractivity contribution in [2.45, 2.75) is 177 Å². The van der Waals surface area contributed by atoms with Gasteiger partial charge in [0.25, 0.3) is 0 Å². The van der Waals surface area contributed by atoms with Crippen molar-refractivity contribution in [1.82, 2.24) is 43.6 Å². The van der Waals surface area contributed by atoms with Crippen LogP contribution in [0.4, 0.5) is 0 Å². The van der Waals surface area contributed by atoms with E-state index in [4.69, 9.17) is 26.8 Å². The zero-order chi connectivity index (χ0) is 106. The van der Waals surface area contributed by atoms with Gasteiger partial charge in [0, 0.05) is 107 Å². The fraction of sp³-hybridized carbons (Fsp3) is 0.200.